The van der Waals surface area contributed by atoms with Gasteiger partial charge in [0.05, 0.1) is 11.2 Å². The van der Waals surface area contributed by atoms with Gasteiger partial charge in [0.1, 0.15) is 5.82 Å². The van der Waals surface area contributed by atoms with Crippen LogP contribution in [0.15, 0.2) is 60.7 Å². The Balaban J connectivity index is 1.46. The lowest BCUT2D eigenvalue weighted by molar-refractivity contribution is 0.401. The van der Waals surface area contributed by atoms with E-state index in [0.717, 1.165) is 60.6 Å². The number of rotatable bonds is 9. The van der Waals surface area contributed by atoms with E-state index in [1.165, 1.54) is 36.9 Å². The number of imidazole rings is 1. The van der Waals surface area contributed by atoms with Crippen LogP contribution in [-0.4, -0.2) is 28.0 Å². The van der Waals surface area contributed by atoms with E-state index in [2.05, 4.69) is 72.8 Å². The Bertz CT molecular complexity index is 1040. The summed E-state index contributed by atoms with van der Waals surface area (Å²) in [4.78, 5) is 15.7. The second-order valence-corrected chi connectivity index (χ2v) is 8.99. The Morgan fingerprint density at radius 1 is 1.00 bits per heavy atom. The SMILES string of the molecule is C=CC=C1CCC(Cc2nc3nc(-c4ccc(N(CCC)CCC)cc4)ccc3[nH]2)CC1. The van der Waals surface area contributed by atoms with Gasteiger partial charge in [0, 0.05) is 30.8 Å². The number of pyridine rings is 1. The normalized spacial score (nSPS) is 16.3. The highest BCUT2D eigenvalue weighted by Gasteiger charge is 2.18. The number of benzene rings is 1. The average molecular weight is 429 g/mol. The molecule has 2 aromatic heterocycles. The van der Waals surface area contributed by atoms with Crippen LogP contribution in [0.2, 0.25) is 0 Å². The molecule has 0 atom stereocenters. The molecule has 0 unspecified atom stereocenters. The first-order chi connectivity index (χ1) is 15.7. The molecular weight excluding hydrogens is 392 g/mol. The van der Waals surface area contributed by atoms with Crippen molar-refractivity contribution < 1.29 is 0 Å². The maximum absolute atomic E-state index is 4.87. The number of fused-ring (bicyclic) bond motifs is 1. The highest BCUT2D eigenvalue weighted by Crippen LogP contribution is 2.31. The number of anilines is 1. The van der Waals surface area contributed by atoms with E-state index in [-0.39, 0.29) is 0 Å². The number of nitrogens with one attached hydrogen (secondary N) is 1. The maximum Gasteiger partial charge on any atom is 0.178 e. The zero-order valence-electron chi connectivity index (χ0n) is 19.6. The molecule has 1 aliphatic rings. The highest BCUT2D eigenvalue weighted by atomic mass is 15.1. The smallest absolute Gasteiger partial charge is 0.178 e. The molecule has 1 aliphatic carbocycles. The molecule has 0 saturated heterocycles. The molecule has 0 amide bonds. The van der Waals surface area contributed by atoms with Crippen LogP contribution >= 0.6 is 0 Å². The van der Waals surface area contributed by atoms with Crippen molar-refractivity contribution in [3.05, 3.63) is 66.5 Å². The first kappa shape index (κ1) is 22.3. The molecular formula is C28H36N4. The quantitative estimate of drug-likeness (QED) is 0.395. The molecule has 168 valence electrons. The van der Waals surface area contributed by atoms with Crippen LogP contribution in [0, 0.1) is 5.92 Å². The third kappa shape index (κ3) is 5.29. The van der Waals surface area contributed by atoms with Gasteiger partial charge >= 0.3 is 0 Å². The van der Waals surface area contributed by atoms with E-state index in [0.29, 0.717) is 5.92 Å². The van der Waals surface area contributed by atoms with Crippen LogP contribution in [0.5, 0.6) is 0 Å². The molecule has 4 rings (SSSR count). The zero-order chi connectivity index (χ0) is 22.3. The van der Waals surface area contributed by atoms with E-state index in [1.807, 2.05) is 6.08 Å². The van der Waals surface area contributed by atoms with Crippen LogP contribution in [0.1, 0.15) is 58.2 Å². The zero-order valence-corrected chi connectivity index (χ0v) is 19.6. The van der Waals surface area contributed by atoms with Crippen LogP contribution in [0.4, 0.5) is 5.69 Å². The van der Waals surface area contributed by atoms with Crippen molar-refractivity contribution in [1.82, 2.24) is 15.0 Å². The van der Waals surface area contributed by atoms with E-state index in [9.17, 15) is 0 Å². The molecule has 32 heavy (non-hydrogen) atoms. The van der Waals surface area contributed by atoms with Crippen molar-refractivity contribution in [3.8, 4) is 11.3 Å². The molecule has 0 aliphatic heterocycles. The van der Waals surface area contributed by atoms with Gasteiger partial charge in [0.25, 0.3) is 0 Å². The van der Waals surface area contributed by atoms with Crippen molar-refractivity contribution in [1.29, 1.82) is 0 Å². The fourth-order valence-corrected chi connectivity index (χ4v) is 4.81. The molecule has 1 saturated carbocycles. The monoisotopic (exact) mass is 428 g/mol. The second-order valence-electron chi connectivity index (χ2n) is 8.99. The van der Waals surface area contributed by atoms with Gasteiger partial charge < -0.3 is 9.88 Å². The molecule has 0 radical (unpaired) electrons. The summed E-state index contributed by atoms with van der Waals surface area (Å²) in [7, 11) is 0. The van der Waals surface area contributed by atoms with Crippen molar-refractivity contribution in [2.24, 2.45) is 5.92 Å². The summed E-state index contributed by atoms with van der Waals surface area (Å²) in [5, 5.41) is 0. The minimum absolute atomic E-state index is 0.693. The number of nitrogens with zero attached hydrogens (tertiary/aromatic N) is 3. The summed E-state index contributed by atoms with van der Waals surface area (Å²) in [5.74, 6) is 1.76. The number of aromatic nitrogens is 3. The van der Waals surface area contributed by atoms with Gasteiger partial charge in [-0.1, -0.05) is 50.3 Å². The van der Waals surface area contributed by atoms with Crippen molar-refractivity contribution in [2.45, 2.75) is 58.8 Å². The number of hydrogen-bond acceptors (Lipinski definition) is 3. The van der Waals surface area contributed by atoms with Crippen LogP contribution < -0.4 is 4.90 Å². The molecule has 1 fully saturated rings. The Hall–Kier alpha value is -2.88. The average Bonchev–Trinajstić information content (AvgIpc) is 3.22. The third-order valence-electron chi connectivity index (χ3n) is 6.49. The van der Waals surface area contributed by atoms with Crippen molar-refractivity contribution in [3.63, 3.8) is 0 Å². The maximum atomic E-state index is 4.87. The minimum atomic E-state index is 0.693. The topological polar surface area (TPSA) is 44.8 Å². The van der Waals surface area contributed by atoms with Gasteiger partial charge in [-0.05, 0) is 68.7 Å². The number of hydrogen-bond donors (Lipinski definition) is 1. The molecule has 1 aromatic carbocycles. The van der Waals surface area contributed by atoms with Gasteiger partial charge in [-0.25, -0.2) is 9.97 Å². The molecule has 3 aromatic rings. The summed E-state index contributed by atoms with van der Waals surface area (Å²) in [5.41, 5.74) is 6.80. The van der Waals surface area contributed by atoms with Crippen molar-refractivity contribution >= 4 is 16.9 Å². The molecule has 4 heteroatoms. The first-order valence-electron chi connectivity index (χ1n) is 12.2. The Morgan fingerprint density at radius 2 is 1.72 bits per heavy atom. The Kier molecular flexibility index (Phi) is 7.41. The summed E-state index contributed by atoms with van der Waals surface area (Å²) in [6.07, 6.45) is 12.3. The molecule has 1 N–H and O–H groups in total. The first-order valence-corrected chi connectivity index (χ1v) is 12.2. The van der Waals surface area contributed by atoms with E-state index < -0.39 is 0 Å². The summed E-state index contributed by atoms with van der Waals surface area (Å²) >= 11 is 0. The predicted octanol–water partition coefficient (Wildman–Crippen LogP) is 7.10. The largest absolute Gasteiger partial charge is 0.372 e. The predicted molar refractivity (Wildman–Crippen MR) is 136 cm³/mol. The fraction of sp³-hybridized carbons (Fsp3) is 0.429. The van der Waals surface area contributed by atoms with Gasteiger partial charge in [0.15, 0.2) is 5.65 Å². The molecule has 2 heterocycles. The van der Waals surface area contributed by atoms with E-state index >= 15 is 0 Å². The molecule has 4 nitrogen and oxygen atoms in total. The van der Waals surface area contributed by atoms with Crippen LogP contribution in [-0.2, 0) is 6.42 Å². The number of aromatic amines is 1. The second kappa shape index (κ2) is 10.6. The minimum Gasteiger partial charge on any atom is -0.372 e. The highest BCUT2D eigenvalue weighted by molar-refractivity contribution is 5.75. The van der Waals surface area contributed by atoms with Gasteiger partial charge in [0.2, 0.25) is 0 Å². The Labute approximate surface area is 192 Å². The molecule has 0 spiro atoms. The lowest BCUT2D eigenvalue weighted by Gasteiger charge is -2.23. The third-order valence-corrected chi connectivity index (χ3v) is 6.49. The number of H-pyrrole nitrogens is 1. The summed E-state index contributed by atoms with van der Waals surface area (Å²) in [6, 6.07) is 13.0. The van der Waals surface area contributed by atoms with Crippen LogP contribution in [0.3, 0.4) is 0 Å². The number of allylic oxidation sites excluding steroid dienone is 3. The lowest BCUT2D eigenvalue weighted by atomic mass is 9.83. The van der Waals surface area contributed by atoms with Gasteiger partial charge in [-0.3, -0.25) is 0 Å². The lowest BCUT2D eigenvalue weighted by Crippen LogP contribution is -2.24. The standard InChI is InChI=1S/C28H36N4/c1-4-7-21-8-10-22(11-9-21)20-27-29-26-17-16-25(30-28(26)31-27)23-12-14-24(15-13-23)32(18-5-2)19-6-3/h4,7,12-17,22H,1,5-6,8-11,18-20H2,2-3H3,(H,29,30,31). The van der Waals surface area contributed by atoms with Gasteiger partial charge in [-0.15, -0.1) is 0 Å². The summed E-state index contributed by atoms with van der Waals surface area (Å²) in [6.45, 7) is 10.5. The van der Waals surface area contributed by atoms with Crippen molar-refractivity contribution in [2.75, 3.05) is 18.0 Å². The Morgan fingerprint density at radius 3 is 2.38 bits per heavy atom. The fourth-order valence-electron chi connectivity index (χ4n) is 4.81. The molecule has 0 bridgehead atoms. The van der Waals surface area contributed by atoms with E-state index in [1.54, 1.807) is 0 Å². The van der Waals surface area contributed by atoms with Crippen LogP contribution in [0.25, 0.3) is 22.4 Å². The van der Waals surface area contributed by atoms with Gasteiger partial charge in [-0.2, -0.15) is 0 Å². The van der Waals surface area contributed by atoms with E-state index in [4.69, 9.17) is 9.97 Å². The summed E-state index contributed by atoms with van der Waals surface area (Å²) < 4.78 is 0.